The van der Waals surface area contributed by atoms with Crippen molar-refractivity contribution in [3.05, 3.63) is 40.4 Å². The van der Waals surface area contributed by atoms with Crippen LogP contribution in [0.25, 0.3) is 11.2 Å². The van der Waals surface area contributed by atoms with Crippen LogP contribution in [0.4, 0.5) is 5.82 Å². The molecule has 3 aromatic rings. The summed E-state index contributed by atoms with van der Waals surface area (Å²) >= 11 is 7.53. The molecule has 0 aliphatic rings. The number of anilines is 1. The fourth-order valence-electron chi connectivity index (χ4n) is 1.91. The molecule has 8 heteroatoms. The highest BCUT2D eigenvalue weighted by Gasteiger charge is 2.11. The highest BCUT2D eigenvalue weighted by Crippen LogP contribution is 2.31. The molecule has 0 saturated carbocycles. The van der Waals surface area contributed by atoms with E-state index in [4.69, 9.17) is 17.3 Å². The lowest BCUT2D eigenvalue weighted by atomic mass is 10.1. The molecule has 0 bridgehead atoms. The van der Waals surface area contributed by atoms with Crippen molar-refractivity contribution in [2.24, 2.45) is 0 Å². The van der Waals surface area contributed by atoms with Crippen molar-refractivity contribution in [2.45, 2.75) is 10.6 Å². The van der Waals surface area contributed by atoms with Crippen molar-refractivity contribution in [1.29, 1.82) is 5.26 Å². The van der Waals surface area contributed by atoms with Crippen molar-refractivity contribution < 1.29 is 0 Å². The van der Waals surface area contributed by atoms with Crippen molar-refractivity contribution in [3.8, 4) is 6.07 Å². The molecule has 6 nitrogen and oxygen atoms in total. The summed E-state index contributed by atoms with van der Waals surface area (Å²) in [6.45, 7) is 0. The zero-order valence-electron chi connectivity index (χ0n) is 10.7. The molecule has 0 spiro atoms. The maximum Gasteiger partial charge on any atom is 0.204 e. The standard InChI is InChI=1S/C13H9ClN6S/c14-9-3-1-2-7(8(9)5-15)6-21-10-4-11(16)17-13-12(10)18-20-19-13/h1-4H,6H2,(H3,16,17,18,19,20). The lowest BCUT2D eigenvalue weighted by Gasteiger charge is -2.06. The Morgan fingerprint density at radius 3 is 3.05 bits per heavy atom. The topological polar surface area (TPSA) is 104 Å². The van der Waals surface area contributed by atoms with Crippen LogP contribution < -0.4 is 5.73 Å². The number of nitrogen functional groups attached to an aromatic ring is 1. The summed E-state index contributed by atoms with van der Waals surface area (Å²) < 4.78 is 0. The highest BCUT2D eigenvalue weighted by atomic mass is 35.5. The third-order valence-electron chi connectivity index (χ3n) is 2.87. The molecule has 2 aromatic heterocycles. The fraction of sp³-hybridized carbons (Fsp3) is 0.0769. The van der Waals surface area contributed by atoms with Gasteiger partial charge < -0.3 is 5.73 Å². The Kier molecular flexibility index (Phi) is 3.64. The van der Waals surface area contributed by atoms with Crippen LogP contribution in [0, 0.1) is 11.3 Å². The molecule has 0 atom stereocenters. The van der Waals surface area contributed by atoms with Crippen LogP contribution in [-0.2, 0) is 5.75 Å². The number of nitriles is 1. The summed E-state index contributed by atoms with van der Waals surface area (Å²) in [6.07, 6.45) is 0. The van der Waals surface area contributed by atoms with Gasteiger partial charge in [-0.3, -0.25) is 0 Å². The lowest BCUT2D eigenvalue weighted by Crippen LogP contribution is -1.93. The SMILES string of the molecule is N#Cc1c(Cl)cccc1CSc1cc(N)nc2n[nH]nc12. The first-order valence-corrected chi connectivity index (χ1v) is 7.32. The smallest absolute Gasteiger partial charge is 0.204 e. The number of benzene rings is 1. The van der Waals surface area contributed by atoms with E-state index in [1.54, 1.807) is 12.1 Å². The van der Waals surface area contributed by atoms with Gasteiger partial charge in [0.05, 0.1) is 10.6 Å². The number of pyridine rings is 1. The molecular weight excluding hydrogens is 308 g/mol. The summed E-state index contributed by atoms with van der Waals surface area (Å²) in [7, 11) is 0. The second kappa shape index (κ2) is 5.60. The molecule has 0 aliphatic carbocycles. The van der Waals surface area contributed by atoms with Crippen LogP contribution in [-0.4, -0.2) is 20.4 Å². The number of halogens is 1. The monoisotopic (exact) mass is 316 g/mol. The molecule has 0 fully saturated rings. The molecule has 104 valence electrons. The Labute approximate surface area is 129 Å². The summed E-state index contributed by atoms with van der Waals surface area (Å²) in [5, 5.41) is 20.2. The number of aromatic nitrogens is 4. The van der Waals surface area contributed by atoms with Crippen LogP contribution in [0.1, 0.15) is 11.1 Å². The number of nitrogens with zero attached hydrogens (tertiary/aromatic N) is 4. The first-order chi connectivity index (χ1) is 10.2. The molecule has 3 rings (SSSR count). The van der Waals surface area contributed by atoms with E-state index in [1.807, 2.05) is 12.1 Å². The third-order valence-corrected chi connectivity index (χ3v) is 4.26. The van der Waals surface area contributed by atoms with Gasteiger partial charge in [-0.05, 0) is 17.7 Å². The molecular formula is C13H9ClN6S. The maximum absolute atomic E-state index is 9.18. The van der Waals surface area contributed by atoms with Crippen LogP contribution >= 0.6 is 23.4 Å². The second-order valence-corrected chi connectivity index (χ2v) is 5.64. The molecule has 0 aliphatic heterocycles. The Bertz CT molecular complexity index is 853. The Morgan fingerprint density at radius 1 is 1.38 bits per heavy atom. The number of hydrogen-bond acceptors (Lipinski definition) is 6. The largest absolute Gasteiger partial charge is 0.384 e. The molecule has 0 saturated heterocycles. The predicted molar refractivity (Wildman–Crippen MR) is 81.8 cm³/mol. The average molecular weight is 317 g/mol. The number of aromatic amines is 1. The Balaban J connectivity index is 1.93. The van der Waals surface area contributed by atoms with Gasteiger partial charge in [0.15, 0.2) is 0 Å². The van der Waals surface area contributed by atoms with Crippen molar-refractivity contribution in [1.82, 2.24) is 20.4 Å². The van der Waals surface area contributed by atoms with E-state index in [9.17, 15) is 5.26 Å². The van der Waals surface area contributed by atoms with E-state index in [-0.39, 0.29) is 0 Å². The van der Waals surface area contributed by atoms with E-state index in [0.717, 1.165) is 10.5 Å². The predicted octanol–water partition coefficient (Wildman–Crippen LogP) is 2.75. The highest BCUT2D eigenvalue weighted by molar-refractivity contribution is 7.98. The van der Waals surface area contributed by atoms with Gasteiger partial charge in [-0.25, -0.2) is 4.98 Å². The van der Waals surface area contributed by atoms with Crippen molar-refractivity contribution >= 4 is 40.3 Å². The summed E-state index contributed by atoms with van der Waals surface area (Å²) in [6, 6.07) is 9.27. The molecule has 0 unspecified atom stereocenters. The Hall–Kier alpha value is -2.30. The number of fused-ring (bicyclic) bond motifs is 1. The number of nitrogens with two attached hydrogens (primary N) is 1. The van der Waals surface area contributed by atoms with Crippen molar-refractivity contribution in [2.75, 3.05) is 5.73 Å². The number of nitrogens with one attached hydrogen (secondary N) is 1. The first kappa shape index (κ1) is 13.7. The minimum atomic E-state index is 0.380. The second-order valence-electron chi connectivity index (χ2n) is 4.22. The van der Waals surface area contributed by atoms with Gasteiger partial charge in [0, 0.05) is 10.6 Å². The van der Waals surface area contributed by atoms with Crippen LogP contribution in [0.3, 0.4) is 0 Å². The van der Waals surface area contributed by atoms with Crippen molar-refractivity contribution in [3.63, 3.8) is 0 Å². The maximum atomic E-state index is 9.18. The minimum Gasteiger partial charge on any atom is -0.384 e. The van der Waals surface area contributed by atoms with Gasteiger partial charge in [-0.2, -0.15) is 15.6 Å². The van der Waals surface area contributed by atoms with Crippen LogP contribution in [0.5, 0.6) is 0 Å². The molecule has 0 amide bonds. The molecule has 3 N–H and O–H groups in total. The quantitative estimate of drug-likeness (QED) is 0.720. The van der Waals surface area contributed by atoms with Crippen LogP contribution in [0.15, 0.2) is 29.2 Å². The lowest BCUT2D eigenvalue weighted by molar-refractivity contribution is 0.953. The number of rotatable bonds is 3. The zero-order valence-corrected chi connectivity index (χ0v) is 12.2. The number of thioether (sulfide) groups is 1. The summed E-state index contributed by atoms with van der Waals surface area (Å²) in [5.41, 5.74) is 8.25. The van der Waals surface area contributed by atoms with Gasteiger partial charge in [-0.15, -0.1) is 16.9 Å². The molecule has 2 heterocycles. The first-order valence-electron chi connectivity index (χ1n) is 5.96. The average Bonchev–Trinajstić information content (AvgIpc) is 2.93. The minimum absolute atomic E-state index is 0.380. The zero-order chi connectivity index (χ0) is 14.8. The molecule has 1 aromatic carbocycles. The van der Waals surface area contributed by atoms with Gasteiger partial charge in [0.2, 0.25) is 5.65 Å². The summed E-state index contributed by atoms with van der Waals surface area (Å²) in [5.74, 6) is 0.958. The van der Waals surface area contributed by atoms with E-state index >= 15 is 0 Å². The van der Waals surface area contributed by atoms with E-state index in [0.29, 0.717) is 33.3 Å². The third kappa shape index (κ3) is 2.63. The Morgan fingerprint density at radius 2 is 2.24 bits per heavy atom. The number of hydrogen-bond donors (Lipinski definition) is 2. The van der Waals surface area contributed by atoms with E-state index in [2.05, 4.69) is 26.5 Å². The van der Waals surface area contributed by atoms with Crippen LogP contribution in [0.2, 0.25) is 5.02 Å². The molecule has 21 heavy (non-hydrogen) atoms. The molecule has 0 radical (unpaired) electrons. The number of H-pyrrole nitrogens is 1. The van der Waals surface area contributed by atoms with Gasteiger partial charge >= 0.3 is 0 Å². The van der Waals surface area contributed by atoms with Gasteiger partial charge in [0.1, 0.15) is 17.4 Å². The van der Waals surface area contributed by atoms with E-state index in [1.165, 1.54) is 11.8 Å². The van der Waals surface area contributed by atoms with E-state index < -0.39 is 0 Å². The summed E-state index contributed by atoms with van der Waals surface area (Å²) in [4.78, 5) is 4.94. The fourth-order valence-corrected chi connectivity index (χ4v) is 3.17. The van der Waals surface area contributed by atoms with Gasteiger partial charge in [0.25, 0.3) is 0 Å². The normalized spacial score (nSPS) is 10.7. The van der Waals surface area contributed by atoms with Gasteiger partial charge in [-0.1, -0.05) is 23.7 Å².